The minimum absolute atomic E-state index is 0.203. The Bertz CT molecular complexity index is 902. The van der Waals surface area contributed by atoms with Crippen molar-refractivity contribution in [2.45, 2.75) is 13.3 Å². The number of aromatic hydroxyl groups is 1. The van der Waals surface area contributed by atoms with Gasteiger partial charge in [-0.25, -0.2) is 0 Å². The summed E-state index contributed by atoms with van der Waals surface area (Å²) < 4.78 is 5.89. The van der Waals surface area contributed by atoms with Crippen molar-refractivity contribution in [1.82, 2.24) is 0 Å². The normalized spacial score (nSPS) is 10.8. The molecular weight excluding hydrogens is 276 g/mol. The Labute approximate surface area is 128 Å². The van der Waals surface area contributed by atoms with Crippen LogP contribution in [0.1, 0.15) is 11.1 Å². The number of fused-ring (bicyclic) bond motifs is 1. The molecule has 1 N–H and O–H groups in total. The van der Waals surface area contributed by atoms with Crippen molar-refractivity contribution in [3.8, 4) is 17.1 Å². The molecule has 3 heteroatoms. The first-order valence-corrected chi connectivity index (χ1v) is 7.07. The molecule has 110 valence electrons. The van der Waals surface area contributed by atoms with Gasteiger partial charge in [-0.3, -0.25) is 4.79 Å². The molecule has 2 aromatic carbocycles. The number of hydrogen-bond acceptors (Lipinski definition) is 3. The molecule has 0 saturated heterocycles. The van der Waals surface area contributed by atoms with E-state index in [-0.39, 0.29) is 11.5 Å². The van der Waals surface area contributed by atoms with Crippen molar-refractivity contribution in [3.63, 3.8) is 0 Å². The van der Waals surface area contributed by atoms with Gasteiger partial charge in [-0.1, -0.05) is 48.0 Å². The summed E-state index contributed by atoms with van der Waals surface area (Å²) in [6, 6.07) is 12.8. The van der Waals surface area contributed by atoms with E-state index in [2.05, 4.69) is 6.58 Å². The van der Waals surface area contributed by atoms with Gasteiger partial charge in [0.15, 0.2) is 5.76 Å². The largest absolute Gasteiger partial charge is 0.502 e. The molecule has 3 nitrogen and oxygen atoms in total. The maximum Gasteiger partial charge on any atom is 0.235 e. The van der Waals surface area contributed by atoms with Gasteiger partial charge in [0.25, 0.3) is 0 Å². The lowest BCUT2D eigenvalue weighted by molar-refractivity contribution is 0.449. The number of hydrogen-bond donors (Lipinski definition) is 1. The SMILES string of the molecule is C=CCc1cccc2c(=O)c(O)c(-c3ccc(C)cc3)oc12. The van der Waals surface area contributed by atoms with Crippen LogP contribution in [-0.4, -0.2) is 5.11 Å². The topological polar surface area (TPSA) is 50.4 Å². The Hall–Kier alpha value is -2.81. The third-order valence-electron chi connectivity index (χ3n) is 3.65. The fourth-order valence-corrected chi connectivity index (χ4v) is 2.48. The van der Waals surface area contributed by atoms with Gasteiger partial charge in [-0.15, -0.1) is 6.58 Å². The van der Waals surface area contributed by atoms with Crippen molar-refractivity contribution in [2.24, 2.45) is 0 Å². The van der Waals surface area contributed by atoms with Gasteiger partial charge in [0.2, 0.25) is 11.2 Å². The van der Waals surface area contributed by atoms with Crippen LogP contribution in [0.5, 0.6) is 5.75 Å². The molecular formula is C19H16O3. The van der Waals surface area contributed by atoms with Crippen LogP contribution in [0, 0.1) is 6.92 Å². The van der Waals surface area contributed by atoms with Crippen molar-refractivity contribution in [1.29, 1.82) is 0 Å². The zero-order valence-corrected chi connectivity index (χ0v) is 12.3. The second kappa shape index (κ2) is 5.53. The van der Waals surface area contributed by atoms with Crippen LogP contribution in [0.4, 0.5) is 0 Å². The van der Waals surface area contributed by atoms with Crippen LogP contribution in [0.25, 0.3) is 22.3 Å². The molecule has 0 aliphatic carbocycles. The fraction of sp³-hybridized carbons (Fsp3) is 0.105. The lowest BCUT2D eigenvalue weighted by Gasteiger charge is -2.08. The lowest BCUT2D eigenvalue weighted by atomic mass is 10.0. The number of aryl methyl sites for hydroxylation is 1. The van der Waals surface area contributed by atoms with Crippen LogP contribution in [0.15, 0.2) is 64.3 Å². The zero-order chi connectivity index (χ0) is 15.7. The quantitative estimate of drug-likeness (QED) is 0.736. The number of allylic oxidation sites excluding steroid dienone is 1. The first-order chi connectivity index (χ1) is 10.6. The van der Waals surface area contributed by atoms with E-state index in [1.54, 1.807) is 18.2 Å². The molecule has 3 aromatic rings. The Morgan fingerprint density at radius 3 is 2.59 bits per heavy atom. The Kier molecular flexibility index (Phi) is 3.55. The second-order valence-corrected chi connectivity index (χ2v) is 5.26. The molecule has 3 rings (SSSR count). The fourth-order valence-electron chi connectivity index (χ4n) is 2.48. The van der Waals surface area contributed by atoms with Gasteiger partial charge in [0, 0.05) is 5.56 Å². The molecule has 1 aromatic heterocycles. The van der Waals surface area contributed by atoms with E-state index in [0.717, 1.165) is 11.1 Å². The highest BCUT2D eigenvalue weighted by Crippen LogP contribution is 2.31. The molecule has 0 aliphatic heterocycles. The highest BCUT2D eigenvalue weighted by Gasteiger charge is 2.16. The van der Waals surface area contributed by atoms with Gasteiger partial charge in [0.05, 0.1) is 5.39 Å². The summed E-state index contributed by atoms with van der Waals surface area (Å²) in [7, 11) is 0. The molecule has 0 fully saturated rings. The summed E-state index contributed by atoms with van der Waals surface area (Å²) >= 11 is 0. The third-order valence-corrected chi connectivity index (χ3v) is 3.65. The standard InChI is InChI=1S/C19H16O3/c1-3-5-13-6-4-7-15-16(20)17(21)19(22-18(13)15)14-10-8-12(2)9-11-14/h3-4,6-11,21H,1,5H2,2H3. The number of rotatable bonds is 3. The molecule has 0 bridgehead atoms. The predicted molar refractivity (Wildman–Crippen MR) is 88.2 cm³/mol. The lowest BCUT2D eigenvalue weighted by Crippen LogP contribution is -2.04. The van der Waals surface area contributed by atoms with Gasteiger partial charge in [0.1, 0.15) is 5.58 Å². The molecule has 0 saturated carbocycles. The number of benzene rings is 2. The van der Waals surface area contributed by atoms with E-state index in [4.69, 9.17) is 4.42 Å². The third kappa shape index (κ3) is 2.31. The van der Waals surface area contributed by atoms with E-state index < -0.39 is 5.43 Å². The highest BCUT2D eigenvalue weighted by molar-refractivity contribution is 5.84. The van der Waals surface area contributed by atoms with Crippen molar-refractivity contribution in [3.05, 3.63) is 76.5 Å². The van der Waals surface area contributed by atoms with E-state index >= 15 is 0 Å². The monoisotopic (exact) mass is 292 g/mol. The average Bonchev–Trinajstić information content (AvgIpc) is 2.52. The molecule has 0 spiro atoms. The zero-order valence-electron chi connectivity index (χ0n) is 12.3. The van der Waals surface area contributed by atoms with Crippen LogP contribution in [0.2, 0.25) is 0 Å². The first-order valence-electron chi connectivity index (χ1n) is 7.07. The van der Waals surface area contributed by atoms with Gasteiger partial charge in [-0.2, -0.15) is 0 Å². The molecule has 0 atom stereocenters. The summed E-state index contributed by atoms with van der Waals surface area (Å²) in [5, 5.41) is 10.6. The van der Waals surface area contributed by atoms with Crippen LogP contribution >= 0.6 is 0 Å². The van der Waals surface area contributed by atoms with Crippen molar-refractivity contribution >= 4 is 11.0 Å². The Morgan fingerprint density at radius 2 is 1.91 bits per heavy atom. The summed E-state index contributed by atoms with van der Waals surface area (Å²) in [5.74, 6) is -0.152. The smallest absolute Gasteiger partial charge is 0.235 e. The van der Waals surface area contributed by atoms with E-state index in [9.17, 15) is 9.90 Å². The minimum Gasteiger partial charge on any atom is -0.502 e. The van der Waals surface area contributed by atoms with Crippen molar-refractivity contribution < 1.29 is 9.52 Å². The van der Waals surface area contributed by atoms with Crippen molar-refractivity contribution in [2.75, 3.05) is 0 Å². The van der Waals surface area contributed by atoms with Gasteiger partial charge >= 0.3 is 0 Å². The maximum atomic E-state index is 12.4. The van der Waals surface area contributed by atoms with Gasteiger partial charge in [-0.05, 0) is 25.0 Å². The second-order valence-electron chi connectivity index (χ2n) is 5.26. The molecule has 0 aliphatic rings. The van der Waals surface area contributed by atoms with Crippen LogP contribution < -0.4 is 5.43 Å². The van der Waals surface area contributed by atoms with Gasteiger partial charge < -0.3 is 9.52 Å². The summed E-state index contributed by atoms with van der Waals surface area (Å²) in [4.78, 5) is 12.4. The average molecular weight is 292 g/mol. The predicted octanol–water partition coefficient (Wildman–Crippen LogP) is 4.20. The van der Waals surface area contributed by atoms with E-state index in [0.29, 0.717) is 23.0 Å². The Balaban J connectivity index is 2.34. The molecule has 0 unspecified atom stereocenters. The molecule has 0 radical (unpaired) electrons. The molecule has 1 heterocycles. The first kappa shape index (κ1) is 14.1. The highest BCUT2D eigenvalue weighted by atomic mass is 16.4. The number of para-hydroxylation sites is 1. The van der Waals surface area contributed by atoms with Crippen LogP contribution in [-0.2, 0) is 6.42 Å². The summed E-state index contributed by atoms with van der Waals surface area (Å²) in [6.07, 6.45) is 2.35. The molecule has 22 heavy (non-hydrogen) atoms. The maximum absolute atomic E-state index is 12.4. The van der Waals surface area contributed by atoms with Crippen LogP contribution in [0.3, 0.4) is 0 Å². The minimum atomic E-state index is -0.414. The Morgan fingerprint density at radius 1 is 1.18 bits per heavy atom. The van der Waals surface area contributed by atoms with E-state index in [1.165, 1.54) is 0 Å². The van der Waals surface area contributed by atoms with E-state index in [1.807, 2.05) is 37.3 Å². The summed E-state index contributed by atoms with van der Waals surface area (Å²) in [5.41, 5.74) is 2.73. The summed E-state index contributed by atoms with van der Waals surface area (Å²) in [6.45, 7) is 5.70. The molecule has 0 amide bonds.